The van der Waals surface area contributed by atoms with E-state index in [0.29, 0.717) is 24.3 Å². The van der Waals surface area contributed by atoms with Crippen molar-refractivity contribution in [3.05, 3.63) is 29.8 Å². The number of esters is 1. The number of carbonyl (C=O) groups is 1. The van der Waals surface area contributed by atoms with Gasteiger partial charge in [-0.15, -0.1) is 0 Å². The normalized spacial score (nSPS) is 12.7. The highest BCUT2D eigenvalue weighted by Crippen LogP contribution is 2.16. The van der Waals surface area contributed by atoms with Gasteiger partial charge in [0.05, 0.1) is 24.5 Å². The van der Waals surface area contributed by atoms with Gasteiger partial charge in [-0.1, -0.05) is 6.92 Å². The van der Waals surface area contributed by atoms with Gasteiger partial charge in [-0.3, -0.25) is 0 Å². The van der Waals surface area contributed by atoms with Crippen molar-refractivity contribution in [3.8, 4) is 5.75 Å². The van der Waals surface area contributed by atoms with Crippen LogP contribution in [-0.4, -0.2) is 33.4 Å². The van der Waals surface area contributed by atoms with E-state index in [4.69, 9.17) is 20.2 Å². The summed E-state index contributed by atoms with van der Waals surface area (Å²) in [5, 5.41) is 0. The van der Waals surface area contributed by atoms with E-state index in [0.717, 1.165) is 0 Å². The van der Waals surface area contributed by atoms with Crippen molar-refractivity contribution in [2.75, 3.05) is 19.0 Å². The molecule has 5 nitrogen and oxygen atoms in total. The summed E-state index contributed by atoms with van der Waals surface area (Å²) in [6.07, 6.45) is 0.646. The lowest BCUT2D eigenvalue weighted by Gasteiger charge is -2.14. The number of carbonyl (C=O) groups excluding carboxylic acids is 1. The summed E-state index contributed by atoms with van der Waals surface area (Å²) in [7, 11) is 1.71. The van der Waals surface area contributed by atoms with Gasteiger partial charge in [0.15, 0.2) is 0 Å². The molecule has 1 unspecified atom stereocenters. The summed E-state index contributed by atoms with van der Waals surface area (Å²) in [6.45, 7) is 4.19. The lowest BCUT2D eigenvalue weighted by atomic mass is 10.1. The van der Waals surface area contributed by atoms with Crippen LogP contribution in [0.2, 0.25) is 0 Å². The quantitative estimate of drug-likeness (QED) is 0.540. The first-order valence-corrected chi connectivity index (χ1v) is 9.15. The van der Waals surface area contributed by atoms with Gasteiger partial charge in [-0.2, -0.15) is 0 Å². The standard InChI is InChI=1S/C14H19ClO5S/c1-3-11(10-21(15,17)18)9-20-13-7-5-12(6-8-13)14(16)19-4-2/h5-8,11H,3-4,9-10H2,1-2H3. The maximum absolute atomic E-state index is 11.5. The van der Waals surface area contributed by atoms with Crippen LogP contribution in [0.3, 0.4) is 0 Å². The molecule has 0 N–H and O–H groups in total. The van der Waals surface area contributed by atoms with Crippen molar-refractivity contribution in [1.82, 2.24) is 0 Å². The molecule has 0 saturated heterocycles. The molecule has 0 radical (unpaired) electrons. The van der Waals surface area contributed by atoms with Crippen molar-refractivity contribution < 1.29 is 22.7 Å². The number of hydrogen-bond donors (Lipinski definition) is 0. The molecule has 0 aliphatic heterocycles. The predicted molar refractivity (Wildman–Crippen MR) is 81.3 cm³/mol. The third-order valence-electron chi connectivity index (χ3n) is 2.86. The summed E-state index contributed by atoms with van der Waals surface area (Å²) in [5.74, 6) is -0.110. The summed E-state index contributed by atoms with van der Waals surface area (Å²) in [5.41, 5.74) is 0.444. The molecule has 1 rings (SSSR count). The van der Waals surface area contributed by atoms with Crippen LogP contribution in [0.15, 0.2) is 24.3 Å². The van der Waals surface area contributed by atoms with E-state index in [9.17, 15) is 13.2 Å². The van der Waals surface area contributed by atoms with E-state index in [2.05, 4.69) is 0 Å². The molecule has 0 spiro atoms. The fourth-order valence-corrected chi connectivity index (χ4v) is 3.11. The third-order valence-corrected chi connectivity index (χ3v) is 4.11. The van der Waals surface area contributed by atoms with E-state index in [1.165, 1.54) is 0 Å². The lowest BCUT2D eigenvalue weighted by molar-refractivity contribution is 0.0526. The second-order valence-corrected chi connectivity index (χ2v) is 7.36. The van der Waals surface area contributed by atoms with Gasteiger partial charge in [-0.05, 0) is 37.6 Å². The number of hydrogen-bond acceptors (Lipinski definition) is 5. The first kappa shape index (κ1) is 17.8. The van der Waals surface area contributed by atoms with E-state index < -0.39 is 9.05 Å². The van der Waals surface area contributed by atoms with Gasteiger partial charge < -0.3 is 9.47 Å². The first-order chi connectivity index (χ1) is 9.85. The Bertz CT molecular complexity index is 553. The molecule has 21 heavy (non-hydrogen) atoms. The van der Waals surface area contributed by atoms with Crippen molar-refractivity contribution >= 4 is 25.7 Å². The second-order valence-electron chi connectivity index (χ2n) is 4.54. The molecule has 0 fully saturated rings. The van der Waals surface area contributed by atoms with Crippen LogP contribution in [0.5, 0.6) is 5.75 Å². The maximum atomic E-state index is 11.5. The van der Waals surface area contributed by atoms with Crippen LogP contribution in [0.4, 0.5) is 0 Å². The molecule has 1 aromatic rings. The molecule has 0 amide bonds. The summed E-state index contributed by atoms with van der Waals surface area (Å²) in [4.78, 5) is 11.5. The minimum absolute atomic E-state index is 0.119. The smallest absolute Gasteiger partial charge is 0.338 e. The Morgan fingerprint density at radius 1 is 1.24 bits per heavy atom. The molecule has 0 aliphatic carbocycles. The number of rotatable bonds is 8. The summed E-state index contributed by atoms with van der Waals surface area (Å²) >= 11 is 0. The average Bonchev–Trinajstić information content (AvgIpc) is 2.43. The van der Waals surface area contributed by atoms with Crippen LogP contribution in [0.1, 0.15) is 30.6 Å². The van der Waals surface area contributed by atoms with Gasteiger partial charge in [-0.25, -0.2) is 13.2 Å². The Morgan fingerprint density at radius 3 is 2.33 bits per heavy atom. The molecular formula is C14H19ClO5S. The summed E-state index contributed by atoms with van der Waals surface area (Å²) in [6, 6.07) is 6.50. The molecular weight excluding hydrogens is 316 g/mol. The predicted octanol–water partition coefficient (Wildman–Crippen LogP) is 2.84. The second kappa shape index (κ2) is 8.24. The fraction of sp³-hybridized carbons (Fsp3) is 0.500. The van der Waals surface area contributed by atoms with Crippen LogP contribution >= 0.6 is 10.7 Å². The van der Waals surface area contributed by atoms with Gasteiger partial charge >= 0.3 is 5.97 Å². The Labute approximate surface area is 129 Å². The zero-order valence-electron chi connectivity index (χ0n) is 12.0. The van der Waals surface area contributed by atoms with E-state index >= 15 is 0 Å². The number of halogens is 1. The van der Waals surface area contributed by atoms with Gasteiger partial charge in [0, 0.05) is 16.6 Å². The Morgan fingerprint density at radius 2 is 1.86 bits per heavy atom. The lowest BCUT2D eigenvalue weighted by Crippen LogP contribution is -2.19. The molecule has 1 aromatic carbocycles. The van der Waals surface area contributed by atoms with Crippen molar-refractivity contribution in [3.63, 3.8) is 0 Å². The maximum Gasteiger partial charge on any atom is 0.338 e. The molecule has 0 saturated carbocycles. The Kier molecular flexibility index (Phi) is 6.98. The van der Waals surface area contributed by atoms with Crippen molar-refractivity contribution in [1.29, 1.82) is 0 Å². The Hall–Kier alpha value is -1.27. The van der Waals surface area contributed by atoms with Crippen LogP contribution in [0.25, 0.3) is 0 Å². The van der Waals surface area contributed by atoms with Crippen LogP contribution < -0.4 is 4.74 Å². The molecule has 7 heteroatoms. The van der Waals surface area contributed by atoms with Gasteiger partial charge in [0.2, 0.25) is 9.05 Å². The monoisotopic (exact) mass is 334 g/mol. The molecule has 0 aliphatic rings. The van der Waals surface area contributed by atoms with Crippen molar-refractivity contribution in [2.24, 2.45) is 5.92 Å². The van der Waals surface area contributed by atoms with E-state index in [1.54, 1.807) is 31.2 Å². The molecule has 1 atom stereocenters. The zero-order valence-corrected chi connectivity index (χ0v) is 13.6. The largest absolute Gasteiger partial charge is 0.493 e. The van der Waals surface area contributed by atoms with E-state index in [1.807, 2.05) is 6.92 Å². The molecule has 0 bridgehead atoms. The van der Waals surface area contributed by atoms with Gasteiger partial charge in [0.25, 0.3) is 0 Å². The van der Waals surface area contributed by atoms with E-state index in [-0.39, 0.29) is 24.2 Å². The fourth-order valence-electron chi connectivity index (χ4n) is 1.68. The SMILES string of the molecule is CCOC(=O)c1ccc(OCC(CC)CS(=O)(=O)Cl)cc1. The number of ether oxygens (including phenoxy) is 2. The van der Waals surface area contributed by atoms with Crippen LogP contribution in [-0.2, 0) is 13.8 Å². The minimum Gasteiger partial charge on any atom is -0.493 e. The highest BCUT2D eigenvalue weighted by atomic mass is 35.7. The Balaban J connectivity index is 2.57. The molecule has 0 heterocycles. The zero-order chi connectivity index (χ0) is 15.9. The summed E-state index contributed by atoms with van der Waals surface area (Å²) < 4.78 is 32.5. The minimum atomic E-state index is -3.53. The molecule has 0 aromatic heterocycles. The van der Waals surface area contributed by atoms with Gasteiger partial charge in [0.1, 0.15) is 5.75 Å². The third kappa shape index (κ3) is 6.82. The van der Waals surface area contributed by atoms with Crippen LogP contribution in [0, 0.1) is 5.92 Å². The molecule has 118 valence electrons. The highest BCUT2D eigenvalue weighted by Gasteiger charge is 2.16. The first-order valence-electron chi connectivity index (χ1n) is 6.68. The topological polar surface area (TPSA) is 69.7 Å². The average molecular weight is 335 g/mol. The number of benzene rings is 1. The van der Waals surface area contributed by atoms with Crippen molar-refractivity contribution in [2.45, 2.75) is 20.3 Å². The highest BCUT2D eigenvalue weighted by molar-refractivity contribution is 8.13.